The summed E-state index contributed by atoms with van der Waals surface area (Å²) in [7, 11) is 0. The molecule has 3 aromatic rings. The molecule has 3 rings (SSSR count). The van der Waals surface area contributed by atoms with E-state index in [1.54, 1.807) is 30.3 Å². The summed E-state index contributed by atoms with van der Waals surface area (Å²) >= 11 is 6.08. The lowest BCUT2D eigenvalue weighted by molar-refractivity contribution is 0.0694. The molecule has 0 aliphatic heterocycles. The summed E-state index contributed by atoms with van der Waals surface area (Å²) in [6, 6.07) is 15.6. The quantitative estimate of drug-likeness (QED) is 0.350. The van der Waals surface area contributed by atoms with Crippen molar-refractivity contribution >= 4 is 35.4 Å². The minimum atomic E-state index is -1.07. The van der Waals surface area contributed by atoms with Gasteiger partial charge in [-0.1, -0.05) is 35.4 Å². The van der Waals surface area contributed by atoms with Gasteiger partial charge in [0.25, 0.3) is 0 Å². The number of carboxylic acids is 1. The maximum absolute atomic E-state index is 12.4. The summed E-state index contributed by atoms with van der Waals surface area (Å²) in [5, 5.41) is 19.7. The lowest BCUT2D eigenvalue weighted by Gasteiger charge is -2.09. The van der Waals surface area contributed by atoms with Gasteiger partial charge >= 0.3 is 11.9 Å². The molecule has 0 amide bonds. The van der Waals surface area contributed by atoms with Crippen molar-refractivity contribution in [3.8, 4) is 11.5 Å². The van der Waals surface area contributed by atoms with Crippen molar-refractivity contribution in [2.45, 2.75) is 6.92 Å². The average molecular weight is 410 g/mol. The molecule has 6 nitrogen and oxygen atoms in total. The summed E-state index contributed by atoms with van der Waals surface area (Å²) in [6.45, 7) is 1.85. The van der Waals surface area contributed by atoms with E-state index in [2.05, 4.69) is 4.99 Å². The number of aromatic hydroxyl groups is 1. The van der Waals surface area contributed by atoms with Gasteiger partial charge in [-0.3, -0.25) is 4.99 Å². The molecule has 2 N–H and O–H groups in total. The van der Waals surface area contributed by atoms with Crippen LogP contribution in [0.1, 0.15) is 31.8 Å². The molecule has 7 heteroatoms. The number of hydrogen-bond donors (Lipinski definition) is 2. The zero-order valence-electron chi connectivity index (χ0n) is 15.3. The largest absolute Gasteiger partial charge is 0.504 e. The van der Waals surface area contributed by atoms with Gasteiger partial charge in [0.1, 0.15) is 0 Å². The summed E-state index contributed by atoms with van der Waals surface area (Å²) < 4.78 is 5.30. The van der Waals surface area contributed by atoms with Crippen molar-refractivity contribution in [3.63, 3.8) is 0 Å². The lowest BCUT2D eigenvalue weighted by atomic mass is 10.1. The number of phenolic OH excluding ortho intramolecular Hbond substituents is 1. The molecule has 0 fully saturated rings. The van der Waals surface area contributed by atoms with E-state index in [1.807, 2.05) is 13.0 Å². The van der Waals surface area contributed by atoms with Crippen molar-refractivity contribution < 1.29 is 24.5 Å². The highest BCUT2D eigenvalue weighted by Gasteiger charge is 2.15. The normalized spacial score (nSPS) is 10.8. The van der Waals surface area contributed by atoms with Crippen LogP contribution in [0.4, 0.5) is 5.69 Å². The number of nitrogens with zero attached hydrogens (tertiary/aromatic N) is 1. The molecule has 0 saturated carbocycles. The Hall–Kier alpha value is -3.64. The summed E-state index contributed by atoms with van der Waals surface area (Å²) in [4.78, 5) is 27.6. The predicted molar refractivity (Wildman–Crippen MR) is 110 cm³/mol. The van der Waals surface area contributed by atoms with Crippen molar-refractivity contribution in [1.29, 1.82) is 0 Å². The van der Waals surface area contributed by atoms with Gasteiger partial charge < -0.3 is 14.9 Å². The maximum Gasteiger partial charge on any atom is 0.343 e. The minimum Gasteiger partial charge on any atom is -0.504 e. The minimum absolute atomic E-state index is 0.0859. The van der Waals surface area contributed by atoms with Gasteiger partial charge in [-0.25, -0.2) is 9.59 Å². The number of rotatable bonds is 5. The number of halogens is 1. The summed E-state index contributed by atoms with van der Waals surface area (Å²) in [6.07, 6.45) is 1.31. The van der Waals surface area contributed by atoms with Gasteiger partial charge in [-0.15, -0.1) is 0 Å². The molecule has 0 aromatic heterocycles. The molecular weight excluding hydrogens is 394 g/mol. The van der Waals surface area contributed by atoms with Crippen LogP contribution in [0.15, 0.2) is 65.7 Å². The van der Waals surface area contributed by atoms with E-state index in [1.165, 1.54) is 30.5 Å². The van der Waals surface area contributed by atoms with E-state index >= 15 is 0 Å². The predicted octanol–water partition coefficient (Wildman–Crippen LogP) is 5.02. The third-order valence-corrected chi connectivity index (χ3v) is 4.19. The molecule has 0 heterocycles. The Bertz CT molecular complexity index is 1120. The Balaban J connectivity index is 1.88. The van der Waals surface area contributed by atoms with Crippen molar-refractivity contribution in [2.24, 2.45) is 4.99 Å². The van der Waals surface area contributed by atoms with E-state index in [-0.39, 0.29) is 27.6 Å². The standard InChI is InChI=1S/C22H16ClNO5/c1-13-4-2-6-15(8-13)22(28)29-19-11-17(23)9-16(20(19)25)12-24-18-7-3-5-14(10-18)21(26)27/h2-12,25H,1H3,(H,26,27). The van der Waals surface area contributed by atoms with Crippen LogP contribution in [0.2, 0.25) is 5.02 Å². The molecule has 29 heavy (non-hydrogen) atoms. The third kappa shape index (κ3) is 5.00. The molecule has 3 aromatic carbocycles. The first-order chi connectivity index (χ1) is 13.8. The van der Waals surface area contributed by atoms with E-state index in [0.29, 0.717) is 11.3 Å². The van der Waals surface area contributed by atoms with Gasteiger partial charge in [0.2, 0.25) is 0 Å². The van der Waals surface area contributed by atoms with E-state index in [4.69, 9.17) is 21.4 Å². The molecule has 0 bridgehead atoms. The second-order valence-corrected chi connectivity index (χ2v) is 6.65. The average Bonchev–Trinajstić information content (AvgIpc) is 2.69. The number of aryl methyl sites for hydroxylation is 1. The highest BCUT2D eigenvalue weighted by Crippen LogP contribution is 2.33. The topological polar surface area (TPSA) is 96.2 Å². The lowest BCUT2D eigenvalue weighted by Crippen LogP contribution is -2.09. The highest BCUT2D eigenvalue weighted by atomic mass is 35.5. The number of benzene rings is 3. The van der Waals surface area contributed by atoms with Gasteiger partial charge in [0.05, 0.1) is 16.8 Å². The van der Waals surface area contributed by atoms with Crippen LogP contribution >= 0.6 is 11.6 Å². The first kappa shape index (κ1) is 20.1. The number of phenols is 1. The van der Waals surface area contributed by atoms with Crippen LogP contribution < -0.4 is 4.74 Å². The van der Waals surface area contributed by atoms with Crippen LogP contribution in [-0.4, -0.2) is 28.4 Å². The first-order valence-corrected chi connectivity index (χ1v) is 8.90. The second-order valence-electron chi connectivity index (χ2n) is 6.21. The molecule has 0 unspecified atom stereocenters. The molecule has 146 valence electrons. The molecule has 0 aliphatic rings. The zero-order valence-corrected chi connectivity index (χ0v) is 16.1. The number of esters is 1. The molecule has 0 spiro atoms. The Kier molecular flexibility index (Phi) is 5.95. The molecule has 0 aliphatic carbocycles. The number of hydrogen-bond acceptors (Lipinski definition) is 5. The Morgan fingerprint density at radius 3 is 2.48 bits per heavy atom. The van der Waals surface area contributed by atoms with Gasteiger partial charge in [-0.2, -0.15) is 0 Å². The van der Waals surface area contributed by atoms with Crippen LogP contribution in [0.3, 0.4) is 0 Å². The van der Waals surface area contributed by atoms with Crippen LogP contribution in [-0.2, 0) is 0 Å². The monoisotopic (exact) mass is 409 g/mol. The number of ether oxygens (including phenoxy) is 1. The number of aromatic carboxylic acids is 1. The second kappa shape index (κ2) is 8.58. The molecular formula is C22H16ClNO5. The fourth-order valence-electron chi connectivity index (χ4n) is 2.56. The SMILES string of the molecule is Cc1cccc(C(=O)Oc2cc(Cl)cc(C=Nc3cccc(C(=O)O)c3)c2O)c1. The zero-order chi connectivity index (χ0) is 21.0. The van der Waals surface area contributed by atoms with Crippen LogP contribution in [0.25, 0.3) is 0 Å². The summed E-state index contributed by atoms with van der Waals surface area (Å²) in [5.41, 5.74) is 1.91. The molecule has 0 atom stereocenters. The fourth-order valence-corrected chi connectivity index (χ4v) is 2.78. The fraction of sp³-hybridized carbons (Fsp3) is 0.0455. The van der Waals surface area contributed by atoms with Gasteiger partial charge in [-0.05, 0) is 43.3 Å². The smallest absolute Gasteiger partial charge is 0.343 e. The molecule has 0 radical (unpaired) electrons. The summed E-state index contributed by atoms with van der Waals surface area (Å²) in [5.74, 6) is -2.13. The van der Waals surface area contributed by atoms with Crippen molar-refractivity contribution in [2.75, 3.05) is 0 Å². The van der Waals surface area contributed by atoms with Crippen LogP contribution in [0, 0.1) is 6.92 Å². The van der Waals surface area contributed by atoms with E-state index in [0.717, 1.165) is 5.56 Å². The van der Waals surface area contributed by atoms with Crippen LogP contribution in [0.5, 0.6) is 11.5 Å². The number of carbonyl (C=O) groups is 2. The van der Waals surface area contributed by atoms with Crippen molar-refractivity contribution in [3.05, 3.63) is 87.9 Å². The van der Waals surface area contributed by atoms with E-state index < -0.39 is 11.9 Å². The number of aliphatic imine (C=N–C) groups is 1. The van der Waals surface area contributed by atoms with Gasteiger partial charge in [0, 0.05) is 22.9 Å². The number of carboxylic acid groups (broad SMARTS) is 1. The Morgan fingerprint density at radius 1 is 1.03 bits per heavy atom. The highest BCUT2D eigenvalue weighted by molar-refractivity contribution is 6.31. The van der Waals surface area contributed by atoms with E-state index in [9.17, 15) is 14.7 Å². The maximum atomic E-state index is 12.4. The molecule has 0 saturated heterocycles. The Morgan fingerprint density at radius 2 is 1.76 bits per heavy atom. The van der Waals surface area contributed by atoms with Crippen molar-refractivity contribution in [1.82, 2.24) is 0 Å². The number of carbonyl (C=O) groups excluding carboxylic acids is 1. The third-order valence-electron chi connectivity index (χ3n) is 3.97. The Labute approximate surface area is 171 Å². The first-order valence-electron chi connectivity index (χ1n) is 8.52. The van der Waals surface area contributed by atoms with Gasteiger partial charge in [0.15, 0.2) is 11.5 Å².